The molecule has 0 saturated heterocycles. The molecule has 1 unspecified atom stereocenters. The molecule has 7 heteroatoms. The van der Waals surface area contributed by atoms with Crippen molar-refractivity contribution in [1.82, 2.24) is 25.0 Å². The molecule has 3 aromatic heterocycles. The van der Waals surface area contributed by atoms with Crippen LogP contribution in [0, 0.1) is 6.92 Å². The second-order valence-electron chi connectivity index (χ2n) is 6.89. The molecule has 0 bridgehead atoms. The van der Waals surface area contributed by atoms with Crippen molar-refractivity contribution in [3.63, 3.8) is 0 Å². The highest BCUT2D eigenvalue weighted by Crippen LogP contribution is 2.24. The number of amides is 1. The fourth-order valence-electron chi connectivity index (χ4n) is 3.54. The van der Waals surface area contributed by atoms with Crippen molar-refractivity contribution in [3.8, 4) is 0 Å². The molecule has 0 radical (unpaired) electrons. The van der Waals surface area contributed by atoms with Gasteiger partial charge >= 0.3 is 0 Å². The van der Waals surface area contributed by atoms with Crippen LogP contribution in [-0.2, 0) is 13.1 Å². The number of nitrogens with one attached hydrogen (secondary N) is 1. The number of aromatic nitrogens is 3. The van der Waals surface area contributed by atoms with Gasteiger partial charge in [-0.2, -0.15) is 5.10 Å². The summed E-state index contributed by atoms with van der Waals surface area (Å²) in [5, 5.41) is 7.46. The van der Waals surface area contributed by atoms with E-state index < -0.39 is 0 Å². The predicted molar refractivity (Wildman–Crippen MR) is 100 cm³/mol. The first-order valence-corrected chi connectivity index (χ1v) is 9.17. The van der Waals surface area contributed by atoms with Crippen molar-refractivity contribution in [2.45, 2.75) is 32.5 Å². The van der Waals surface area contributed by atoms with Gasteiger partial charge in [-0.3, -0.25) is 19.4 Å². The number of carbonyl (C=O) groups is 1. The zero-order valence-corrected chi connectivity index (χ0v) is 15.3. The first-order valence-electron chi connectivity index (χ1n) is 9.17. The van der Waals surface area contributed by atoms with E-state index in [0.717, 1.165) is 37.6 Å². The van der Waals surface area contributed by atoms with E-state index in [-0.39, 0.29) is 11.9 Å². The molecule has 4 rings (SSSR count). The van der Waals surface area contributed by atoms with Gasteiger partial charge in [0, 0.05) is 38.2 Å². The van der Waals surface area contributed by atoms with E-state index in [2.05, 4.69) is 31.0 Å². The first kappa shape index (κ1) is 17.5. The number of pyridine rings is 1. The SMILES string of the molecule is Cc1ccc(CN2Cc3ccnn3C(CCNC(=O)c3cccnc3)C2)o1. The molecule has 0 aliphatic carbocycles. The Hall–Kier alpha value is -2.93. The van der Waals surface area contributed by atoms with Crippen LogP contribution < -0.4 is 5.32 Å². The fourth-order valence-corrected chi connectivity index (χ4v) is 3.54. The number of nitrogens with zero attached hydrogens (tertiary/aromatic N) is 4. The van der Waals surface area contributed by atoms with E-state index in [4.69, 9.17) is 4.42 Å². The lowest BCUT2D eigenvalue weighted by Gasteiger charge is -2.33. The Labute approximate surface area is 158 Å². The number of hydrogen-bond acceptors (Lipinski definition) is 5. The molecule has 7 nitrogen and oxygen atoms in total. The minimum absolute atomic E-state index is 0.0949. The molecular weight excluding hydrogens is 342 g/mol. The first-order chi connectivity index (χ1) is 13.2. The van der Waals surface area contributed by atoms with Gasteiger partial charge in [-0.05, 0) is 43.7 Å². The zero-order chi connectivity index (χ0) is 18.6. The van der Waals surface area contributed by atoms with Crippen LogP contribution in [0.3, 0.4) is 0 Å². The second-order valence-corrected chi connectivity index (χ2v) is 6.89. The van der Waals surface area contributed by atoms with Crippen molar-refractivity contribution in [2.24, 2.45) is 0 Å². The smallest absolute Gasteiger partial charge is 0.252 e. The molecule has 1 amide bonds. The molecule has 0 saturated carbocycles. The van der Waals surface area contributed by atoms with Crippen molar-refractivity contribution < 1.29 is 9.21 Å². The number of fused-ring (bicyclic) bond motifs is 1. The lowest BCUT2D eigenvalue weighted by molar-refractivity contribution is 0.0946. The highest BCUT2D eigenvalue weighted by molar-refractivity contribution is 5.93. The van der Waals surface area contributed by atoms with Crippen LogP contribution in [0.4, 0.5) is 0 Å². The maximum Gasteiger partial charge on any atom is 0.252 e. The van der Waals surface area contributed by atoms with Gasteiger partial charge in [0.1, 0.15) is 11.5 Å². The van der Waals surface area contributed by atoms with Gasteiger partial charge < -0.3 is 9.73 Å². The van der Waals surface area contributed by atoms with Crippen LogP contribution in [0.2, 0.25) is 0 Å². The highest BCUT2D eigenvalue weighted by Gasteiger charge is 2.26. The molecule has 1 aliphatic heterocycles. The Morgan fingerprint density at radius 2 is 2.22 bits per heavy atom. The molecule has 1 atom stereocenters. The van der Waals surface area contributed by atoms with Gasteiger partial charge in [0.05, 0.1) is 23.8 Å². The molecule has 27 heavy (non-hydrogen) atoms. The van der Waals surface area contributed by atoms with Crippen LogP contribution >= 0.6 is 0 Å². The number of aryl methyl sites for hydroxylation is 1. The van der Waals surface area contributed by atoms with Crippen LogP contribution in [0.5, 0.6) is 0 Å². The third-order valence-electron chi connectivity index (χ3n) is 4.81. The summed E-state index contributed by atoms with van der Waals surface area (Å²) < 4.78 is 7.81. The second kappa shape index (κ2) is 7.75. The Kier molecular flexibility index (Phi) is 5.02. The van der Waals surface area contributed by atoms with E-state index in [1.165, 1.54) is 5.69 Å². The van der Waals surface area contributed by atoms with Crippen molar-refractivity contribution in [1.29, 1.82) is 0 Å². The number of rotatable bonds is 6. The largest absolute Gasteiger partial charge is 0.465 e. The minimum Gasteiger partial charge on any atom is -0.465 e. The summed E-state index contributed by atoms with van der Waals surface area (Å²) in [6.45, 7) is 5.04. The monoisotopic (exact) mass is 365 g/mol. The molecule has 0 aromatic carbocycles. The van der Waals surface area contributed by atoms with Gasteiger partial charge in [0.25, 0.3) is 5.91 Å². The average molecular weight is 365 g/mol. The minimum atomic E-state index is -0.0949. The summed E-state index contributed by atoms with van der Waals surface area (Å²) in [6, 6.07) is 9.83. The number of hydrogen-bond donors (Lipinski definition) is 1. The van der Waals surface area contributed by atoms with Gasteiger partial charge in [-0.1, -0.05) is 0 Å². The maximum absolute atomic E-state index is 12.2. The normalized spacial score (nSPS) is 16.9. The summed E-state index contributed by atoms with van der Waals surface area (Å²) >= 11 is 0. The summed E-state index contributed by atoms with van der Waals surface area (Å²) in [4.78, 5) is 18.5. The predicted octanol–water partition coefficient (Wildman–Crippen LogP) is 2.56. The van der Waals surface area contributed by atoms with E-state index >= 15 is 0 Å². The van der Waals surface area contributed by atoms with Crippen molar-refractivity contribution >= 4 is 5.91 Å². The molecule has 0 spiro atoms. The summed E-state index contributed by atoms with van der Waals surface area (Å²) in [6.07, 6.45) is 5.90. The molecule has 1 aliphatic rings. The summed E-state index contributed by atoms with van der Waals surface area (Å²) in [5.74, 6) is 1.81. The van der Waals surface area contributed by atoms with Crippen molar-refractivity contribution in [3.05, 3.63) is 71.7 Å². The maximum atomic E-state index is 12.2. The molecule has 1 N–H and O–H groups in total. The standard InChI is InChI=1S/C20H23N5O2/c1-15-4-5-19(27-15)14-24-12-17(25-18(13-24)7-10-23-25)6-9-22-20(26)16-3-2-8-21-11-16/h2-5,7-8,10-11,17H,6,9,12-14H2,1H3,(H,22,26). The zero-order valence-electron chi connectivity index (χ0n) is 15.3. The van der Waals surface area contributed by atoms with Gasteiger partial charge in [-0.15, -0.1) is 0 Å². The van der Waals surface area contributed by atoms with E-state index in [9.17, 15) is 4.79 Å². The van der Waals surface area contributed by atoms with Gasteiger partial charge in [-0.25, -0.2) is 0 Å². The Balaban J connectivity index is 1.37. The Morgan fingerprint density at radius 3 is 3.00 bits per heavy atom. The Bertz CT molecular complexity index is 902. The van der Waals surface area contributed by atoms with Gasteiger partial charge in [0.15, 0.2) is 0 Å². The number of furan rings is 1. The van der Waals surface area contributed by atoms with E-state index in [1.807, 2.05) is 25.3 Å². The fraction of sp³-hybridized carbons (Fsp3) is 0.350. The molecular formula is C20H23N5O2. The third kappa shape index (κ3) is 4.09. The Morgan fingerprint density at radius 1 is 1.30 bits per heavy atom. The third-order valence-corrected chi connectivity index (χ3v) is 4.81. The van der Waals surface area contributed by atoms with Crippen LogP contribution in [0.15, 0.2) is 53.3 Å². The lowest BCUT2D eigenvalue weighted by atomic mass is 10.1. The van der Waals surface area contributed by atoms with E-state index in [1.54, 1.807) is 24.5 Å². The summed E-state index contributed by atoms with van der Waals surface area (Å²) in [7, 11) is 0. The lowest BCUT2D eigenvalue weighted by Crippen LogP contribution is -2.38. The van der Waals surface area contributed by atoms with E-state index in [0.29, 0.717) is 12.1 Å². The topological polar surface area (TPSA) is 76.2 Å². The van der Waals surface area contributed by atoms with Gasteiger partial charge in [0.2, 0.25) is 0 Å². The summed E-state index contributed by atoms with van der Waals surface area (Å²) in [5.41, 5.74) is 1.77. The van der Waals surface area contributed by atoms with Crippen LogP contribution in [0.25, 0.3) is 0 Å². The highest BCUT2D eigenvalue weighted by atomic mass is 16.3. The van der Waals surface area contributed by atoms with Crippen LogP contribution in [-0.4, -0.2) is 38.7 Å². The molecule has 4 heterocycles. The van der Waals surface area contributed by atoms with Crippen molar-refractivity contribution in [2.75, 3.05) is 13.1 Å². The quantitative estimate of drug-likeness (QED) is 0.726. The molecule has 140 valence electrons. The average Bonchev–Trinajstić information content (AvgIpc) is 3.31. The molecule has 3 aromatic rings. The van der Waals surface area contributed by atoms with Crippen LogP contribution in [0.1, 0.15) is 40.0 Å². The molecule has 0 fully saturated rings. The number of carbonyl (C=O) groups excluding carboxylic acids is 1.